The summed E-state index contributed by atoms with van der Waals surface area (Å²) in [6, 6.07) is 5.90. The second kappa shape index (κ2) is 5.97. The van der Waals surface area contributed by atoms with E-state index in [9.17, 15) is 13.2 Å². The Morgan fingerprint density at radius 3 is 2.33 bits per heavy atom. The van der Waals surface area contributed by atoms with E-state index < -0.39 is 15.8 Å². The number of rotatable bonds is 6. The predicted molar refractivity (Wildman–Crippen MR) is 68.0 cm³/mol. The molecule has 18 heavy (non-hydrogen) atoms. The number of carbonyl (C=O) groups is 1. The summed E-state index contributed by atoms with van der Waals surface area (Å²) in [7, 11) is -3.20. The first-order valence-corrected chi connectivity index (χ1v) is 7.32. The summed E-state index contributed by atoms with van der Waals surface area (Å²) < 4.78 is 23.2. The summed E-state index contributed by atoms with van der Waals surface area (Å²) in [6.07, 6.45) is 0.325. The molecule has 5 nitrogen and oxygen atoms in total. The normalized spacial score (nSPS) is 13.2. The van der Waals surface area contributed by atoms with Gasteiger partial charge in [-0.25, -0.2) is 8.42 Å². The van der Waals surface area contributed by atoms with Crippen LogP contribution in [0.2, 0.25) is 0 Å². The third-order valence-corrected chi connectivity index (χ3v) is 4.47. The molecule has 6 heteroatoms. The highest BCUT2D eigenvalue weighted by atomic mass is 32.2. The van der Waals surface area contributed by atoms with Gasteiger partial charge in [0.25, 0.3) is 0 Å². The minimum absolute atomic E-state index is 0.00379. The summed E-state index contributed by atoms with van der Waals surface area (Å²) in [4.78, 5) is 10.7. The minimum atomic E-state index is -3.20. The predicted octanol–water partition coefficient (Wildman–Crippen LogP) is 1.34. The number of hydrogen-bond donors (Lipinski definition) is 2. The fourth-order valence-electron chi connectivity index (χ4n) is 1.53. The largest absolute Gasteiger partial charge is 0.481 e. The molecule has 0 saturated heterocycles. The highest BCUT2D eigenvalue weighted by Gasteiger charge is 2.13. The van der Waals surface area contributed by atoms with Crippen LogP contribution in [-0.4, -0.2) is 25.2 Å². The van der Waals surface area contributed by atoms with Gasteiger partial charge in [-0.3, -0.25) is 4.79 Å². The van der Waals surface area contributed by atoms with Gasteiger partial charge in [-0.2, -0.15) is 0 Å². The van der Waals surface area contributed by atoms with Gasteiger partial charge in [0.1, 0.15) is 0 Å². The molecule has 0 heterocycles. The molecule has 0 amide bonds. The monoisotopic (exact) mass is 271 g/mol. The van der Waals surface area contributed by atoms with Crippen molar-refractivity contribution >= 4 is 15.8 Å². The first-order valence-electron chi connectivity index (χ1n) is 5.67. The molecule has 0 spiro atoms. The second-order valence-corrected chi connectivity index (χ2v) is 6.29. The second-order valence-electron chi connectivity index (χ2n) is 4.01. The zero-order chi connectivity index (χ0) is 13.8. The van der Waals surface area contributed by atoms with Gasteiger partial charge in [0.05, 0.1) is 10.6 Å². The molecule has 0 aliphatic carbocycles. The molecule has 0 bridgehead atoms. The number of nitrogens with two attached hydrogens (primary N) is 1. The molecule has 1 atom stereocenters. The maximum absolute atomic E-state index is 11.6. The molecule has 100 valence electrons. The number of benzene rings is 1. The zero-order valence-corrected chi connectivity index (χ0v) is 11.0. The number of aliphatic carboxylic acids is 1. The Morgan fingerprint density at radius 2 is 1.89 bits per heavy atom. The van der Waals surface area contributed by atoms with Gasteiger partial charge in [-0.1, -0.05) is 19.1 Å². The number of carboxylic acids is 1. The van der Waals surface area contributed by atoms with E-state index >= 15 is 0 Å². The van der Waals surface area contributed by atoms with Crippen molar-refractivity contribution in [3.8, 4) is 0 Å². The van der Waals surface area contributed by atoms with Crippen LogP contribution in [0.15, 0.2) is 29.2 Å². The standard InChI is InChI=1S/C12H17NO4S/c1-2-18(16,17)10-5-3-9(4-6-10)11(13)7-8-12(14)15/h3-6,11H,2,7-8,13H2,1H3,(H,14,15). The summed E-state index contributed by atoms with van der Waals surface area (Å²) in [5.41, 5.74) is 6.56. The molecule has 1 unspecified atom stereocenters. The molecule has 0 saturated carbocycles. The van der Waals surface area contributed by atoms with Crippen molar-refractivity contribution in [2.45, 2.75) is 30.7 Å². The molecule has 1 aromatic carbocycles. The van der Waals surface area contributed by atoms with Crippen molar-refractivity contribution in [2.24, 2.45) is 5.73 Å². The third-order valence-electron chi connectivity index (χ3n) is 2.72. The number of sulfone groups is 1. The van der Waals surface area contributed by atoms with Crippen LogP contribution in [-0.2, 0) is 14.6 Å². The highest BCUT2D eigenvalue weighted by molar-refractivity contribution is 7.91. The van der Waals surface area contributed by atoms with Crippen molar-refractivity contribution in [1.82, 2.24) is 0 Å². The van der Waals surface area contributed by atoms with Crippen LogP contribution in [0.4, 0.5) is 0 Å². The van der Waals surface area contributed by atoms with E-state index in [2.05, 4.69) is 0 Å². The van der Waals surface area contributed by atoms with Crippen molar-refractivity contribution in [1.29, 1.82) is 0 Å². The van der Waals surface area contributed by atoms with E-state index in [1.54, 1.807) is 19.1 Å². The minimum Gasteiger partial charge on any atom is -0.481 e. The smallest absolute Gasteiger partial charge is 0.303 e. The van der Waals surface area contributed by atoms with Crippen molar-refractivity contribution in [3.05, 3.63) is 29.8 Å². The first kappa shape index (κ1) is 14.7. The van der Waals surface area contributed by atoms with Gasteiger partial charge in [0, 0.05) is 12.5 Å². The Labute approximate surface area is 107 Å². The topological polar surface area (TPSA) is 97.5 Å². The van der Waals surface area contributed by atoms with E-state index in [-0.39, 0.29) is 23.1 Å². The average Bonchev–Trinajstić information content (AvgIpc) is 2.36. The summed E-state index contributed by atoms with van der Waals surface area (Å²) in [6.45, 7) is 1.59. The molecule has 1 rings (SSSR count). The van der Waals surface area contributed by atoms with Crippen LogP contribution < -0.4 is 5.73 Å². The third kappa shape index (κ3) is 3.82. The van der Waals surface area contributed by atoms with Gasteiger partial charge in [0.15, 0.2) is 9.84 Å². The number of hydrogen-bond acceptors (Lipinski definition) is 4. The SMILES string of the molecule is CCS(=O)(=O)c1ccc(C(N)CCC(=O)O)cc1. The molecule has 0 fully saturated rings. The zero-order valence-electron chi connectivity index (χ0n) is 10.2. The van der Waals surface area contributed by atoms with E-state index in [1.165, 1.54) is 12.1 Å². The lowest BCUT2D eigenvalue weighted by atomic mass is 10.0. The molecule has 0 radical (unpaired) electrons. The molecule has 0 aliphatic rings. The van der Waals surface area contributed by atoms with E-state index in [0.29, 0.717) is 6.42 Å². The van der Waals surface area contributed by atoms with Crippen LogP contribution in [0.25, 0.3) is 0 Å². The molecular weight excluding hydrogens is 254 g/mol. The molecular formula is C12H17NO4S. The maximum atomic E-state index is 11.6. The van der Waals surface area contributed by atoms with Crippen LogP contribution in [0.1, 0.15) is 31.4 Å². The van der Waals surface area contributed by atoms with Crippen molar-refractivity contribution in [2.75, 3.05) is 5.75 Å². The van der Waals surface area contributed by atoms with Gasteiger partial charge >= 0.3 is 5.97 Å². The Kier molecular flexibility index (Phi) is 4.86. The van der Waals surface area contributed by atoms with Gasteiger partial charge < -0.3 is 10.8 Å². The fraction of sp³-hybridized carbons (Fsp3) is 0.417. The summed E-state index contributed by atoms with van der Waals surface area (Å²) in [5, 5.41) is 8.56. The number of carboxylic acid groups (broad SMARTS) is 1. The average molecular weight is 271 g/mol. The van der Waals surface area contributed by atoms with Gasteiger partial charge in [-0.05, 0) is 24.1 Å². The summed E-state index contributed by atoms with van der Waals surface area (Å²) in [5.74, 6) is -0.840. The summed E-state index contributed by atoms with van der Waals surface area (Å²) >= 11 is 0. The fourth-order valence-corrected chi connectivity index (χ4v) is 2.42. The molecule has 3 N–H and O–H groups in total. The first-order chi connectivity index (χ1) is 8.36. The van der Waals surface area contributed by atoms with Crippen LogP contribution in [0.5, 0.6) is 0 Å². The molecule has 0 aromatic heterocycles. The maximum Gasteiger partial charge on any atom is 0.303 e. The molecule has 1 aromatic rings. The van der Waals surface area contributed by atoms with E-state index in [0.717, 1.165) is 5.56 Å². The van der Waals surface area contributed by atoms with Crippen LogP contribution >= 0.6 is 0 Å². The van der Waals surface area contributed by atoms with Gasteiger partial charge in [-0.15, -0.1) is 0 Å². The highest BCUT2D eigenvalue weighted by Crippen LogP contribution is 2.19. The lowest BCUT2D eigenvalue weighted by molar-refractivity contribution is -0.137. The lowest BCUT2D eigenvalue weighted by Gasteiger charge is -2.11. The van der Waals surface area contributed by atoms with Crippen molar-refractivity contribution < 1.29 is 18.3 Å². The lowest BCUT2D eigenvalue weighted by Crippen LogP contribution is -2.12. The Bertz CT molecular complexity index is 507. The van der Waals surface area contributed by atoms with Crippen LogP contribution in [0.3, 0.4) is 0 Å². The van der Waals surface area contributed by atoms with Crippen molar-refractivity contribution in [3.63, 3.8) is 0 Å². The van der Waals surface area contributed by atoms with Crippen LogP contribution in [0, 0.1) is 0 Å². The van der Waals surface area contributed by atoms with E-state index in [1.807, 2.05) is 0 Å². The van der Waals surface area contributed by atoms with E-state index in [4.69, 9.17) is 10.8 Å². The Hall–Kier alpha value is -1.40. The Morgan fingerprint density at radius 1 is 1.33 bits per heavy atom. The Balaban J connectivity index is 2.80. The quantitative estimate of drug-likeness (QED) is 0.813. The van der Waals surface area contributed by atoms with Gasteiger partial charge in [0.2, 0.25) is 0 Å². The molecule has 0 aliphatic heterocycles.